The molecule has 3 heteroatoms. The van der Waals surface area contributed by atoms with Crippen molar-refractivity contribution in [2.75, 3.05) is 14.2 Å². The van der Waals surface area contributed by atoms with Crippen LogP contribution in [-0.2, 0) is 6.42 Å². The minimum Gasteiger partial charge on any atom is -0.497 e. The second-order valence-electron chi connectivity index (χ2n) is 4.28. The lowest BCUT2D eigenvalue weighted by molar-refractivity contribution is 0.389. The van der Waals surface area contributed by atoms with Gasteiger partial charge in [-0.1, -0.05) is 25.8 Å². The van der Waals surface area contributed by atoms with Crippen LogP contribution in [0.5, 0.6) is 11.5 Å². The monoisotopic (exact) mass is 237 g/mol. The normalized spacial score (nSPS) is 12.2. The van der Waals surface area contributed by atoms with Crippen LogP contribution in [0.1, 0.15) is 31.7 Å². The summed E-state index contributed by atoms with van der Waals surface area (Å²) in [5, 5.41) is 0. The van der Waals surface area contributed by atoms with Crippen LogP contribution < -0.4 is 15.2 Å². The average Bonchev–Trinajstić information content (AvgIpc) is 2.36. The molecule has 0 aliphatic heterocycles. The zero-order valence-corrected chi connectivity index (χ0v) is 11.0. The van der Waals surface area contributed by atoms with E-state index in [0.29, 0.717) is 0 Å². The summed E-state index contributed by atoms with van der Waals surface area (Å²) >= 11 is 0. The summed E-state index contributed by atoms with van der Waals surface area (Å²) in [5.41, 5.74) is 7.25. The Morgan fingerprint density at radius 1 is 1.24 bits per heavy atom. The molecule has 0 saturated carbocycles. The van der Waals surface area contributed by atoms with Crippen LogP contribution in [0.4, 0.5) is 0 Å². The highest BCUT2D eigenvalue weighted by Crippen LogP contribution is 2.25. The van der Waals surface area contributed by atoms with Crippen LogP contribution in [0.15, 0.2) is 18.2 Å². The summed E-state index contributed by atoms with van der Waals surface area (Å²) in [4.78, 5) is 0. The van der Waals surface area contributed by atoms with Gasteiger partial charge in [0.2, 0.25) is 0 Å². The highest BCUT2D eigenvalue weighted by Gasteiger charge is 2.09. The summed E-state index contributed by atoms with van der Waals surface area (Å²) in [5.74, 6) is 1.67. The Hall–Kier alpha value is -1.22. The Morgan fingerprint density at radius 3 is 2.59 bits per heavy atom. The van der Waals surface area contributed by atoms with Gasteiger partial charge in [-0.25, -0.2) is 0 Å². The molecule has 1 aromatic rings. The van der Waals surface area contributed by atoms with E-state index in [9.17, 15) is 0 Å². The number of ether oxygens (including phenoxy) is 2. The summed E-state index contributed by atoms with van der Waals surface area (Å²) in [7, 11) is 3.33. The molecular weight excluding hydrogens is 214 g/mol. The molecule has 0 aliphatic rings. The molecule has 0 spiro atoms. The first-order valence-corrected chi connectivity index (χ1v) is 6.17. The molecule has 0 amide bonds. The van der Waals surface area contributed by atoms with Crippen molar-refractivity contribution < 1.29 is 9.47 Å². The maximum absolute atomic E-state index is 6.10. The molecule has 0 saturated heterocycles. The molecular formula is C14H23NO2. The van der Waals surface area contributed by atoms with Crippen LogP contribution >= 0.6 is 0 Å². The molecule has 96 valence electrons. The first-order valence-electron chi connectivity index (χ1n) is 6.17. The van der Waals surface area contributed by atoms with Crippen molar-refractivity contribution in [1.29, 1.82) is 0 Å². The van der Waals surface area contributed by atoms with Gasteiger partial charge in [0, 0.05) is 12.1 Å². The quantitative estimate of drug-likeness (QED) is 0.793. The SMILES string of the molecule is CCCCC(N)Cc1ccc(OC)cc1OC. The van der Waals surface area contributed by atoms with Crippen LogP contribution in [0.25, 0.3) is 0 Å². The van der Waals surface area contributed by atoms with Gasteiger partial charge >= 0.3 is 0 Å². The lowest BCUT2D eigenvalue weighted by Gasteiger charge is -2.14. The Bertz CT molecular complexity index is 339. The number of unbranched alkanes of at least 4 members (excludes halogenated alkanes) is 1. The van der Waals surface area contributed by atoms with Crippen LogP contribution in [0, 0.1) is 0 Å². The Balaban J connectivity index is 2.69. The summed E-state index contributed by atoms with van der Waals surface area (Å²) in [6.45, 7) is 2.18. The zero-order valence-electron chi connectivity index (χ0n) is 11.0. The lowest BCUT2D eigenvalue weighted by Crippen LogP contribution is -2.22. The van der Waals surface area contributed by atoms with Gasteiger partial charge < -0.3 is 15.2 Å². The van der Waals surface area contributed by atoms with Gasteiger partial charge in [0.15, 0.2) is 0 Å². The Morgan fingerprint density at radius 2 is 2.00 bits per heavy atom. The third kappa shape index (κ3) is 4.27. The van der Waals surface area contributed by atoms with E-state index in [-0.39, 0.29) is 6.04 Å². The van der Waals surface area contributed by atoms with E-state index in [1.54, 1.807) is 14.2 Å². The first-order chi connectivity index (χ1) is 8.21. The topological polar surface area (TPSA) is 44.5 Å². The Labute approximate surface area is 104 Å². The highest BCUT2D eigenvalue weighted by atomic mass is 16.5. The van der Waals surface area contributed by atoms with Gasteiger partial charge in [-0.05, 0) is 24.5 Å². The van der Waals surface area contributed by atoms with E-state index in [1.807, 2.05) is 18.2 Å². The van der Waals surface area contributed by atoms with Crippen molar-refractivity contribution in [1.82, 2.24) is 0 Å². The largest absolute Gasteiger partial charge is 0.497 e. The number of hydrogen-bond acceptors (Lipinski definition) is 3. The second-order valence-corrected chi connectivity index (χ2v) is 4.28. The maximum Gasteiger partial charge on any atom is 0.125 e. The maximum atomic E-state index is 6.10. The smallest absolute Gasteiger partial charge is 0.125 e. The van der Waals surface area contributed by atoms with Crippen molar-refractivity contribution in [3.05, 3.63) is 23.8 Å². The molecule has 0 bridgehead atoms. The number of hydrogen-bond donors (Lipinski definition) is 1. The van der Waals surface area contributed by atoms with Gasteiger partial charge in [0.25, 0.3) is 0 Å². The van der Waals surface area contributed by atoms with E-state index < -0.39 is 0 Å². The average molecular weight is 237 g/mol. The second kappa shape index (κ2) is 7.17. The number of nitrogens with two attached hydrogens (primary N) is 1. The van der Waals surface area contributed by atoms with Gasteiger partial charge in [-0.3, -0.25) is 0 Å². The van der Waals surface area contributed by atoms with E-state index in [0.717, 1.165) is 29.9 Å². The molecule has 0 fully saturated rings. The summed E-state index contributed by atoms with van der Waals surface area (Å²) in [6, 6.07) is 6.09. The van der Waals surface area contributed by atoms with Gasteiger partial charge in [0.05, 0.1) is 14.2 Å². The summed E-state index contributed by atoms with van der Waals surface area (Å²) < 4.78 is 10.5. The van der Waals surface area contributed by atoms with Gasteiger partial charge in [0.1, 0.15) is 11.5 Å². The third-order valence-electron chi connectivity index (χ3n) is 2.90. The molecule has 3 nitrogen and oxygen atoms in total. The van der Waals surface area contributed by atoms with E-state index >= 15 is 0 Å². The predicted molar refractivity (Wildman–Crippen MR) is 70.8 cm³/mol. The van der Waals surface area contributed by atoms with Crippen molar-refractivity contribution >= 4 is 0 Å². The Kier molecular flexibility index (Phi) is 5.84. The lowest BCUT2D eigenvalue weighted by atomic mass is 10.0. The standard InChI is InChI=1S/C14H23NO2/c1-4-5-6-12(15)9-11-7-8-13(16-2)10-14(11)17-3/h7-8,10,12H,4-6,9,15H2,1-3H3. The van der Waals surface area contributed by atoms with Crippen molar-refractivity contribution in [2.45, 2.75) is 38.6 Å². The zero-order chi connectivity index (χ0) is 12.7. The predicted octanol–water partition coefficient (Wildman–Crippen LogP) is 2.76. The molecule has 0 aliphatic carbocycles. The molecule has 1 unspecified atom stereocenters. The fraction of sp³-hybridized carbons (Fsp3) is 0.571. The number of rotatable bonds is 7. The summed E-state index contributed by atoms with van der Waals surface area (Å²) in [6.07, 6.45) is 4.28. The van der Waals surface area contributed by atoms with Gasteiger partial charge in [-0.15, -0.1) is 0 Å². The van der Waals surface area contributed by atoms with Gasteiger partial charge in [-0.2, -0.15) is 0 Å². The molecule has 0 radical (unpaired) electrons. The minimum absolute atomic E-state index is 0.206. The molecule has 1 atom stereocenters. The molecule has 1 aromatic carbocycles. The molecule has 1 rings (SSSR count). The van der Waals surface area contributed by atoms with Crippen LogP contribution in [0.3, 0.4) is 0 Å². The molecule has 2 N–H and O–H groups in total. The van der Waals surface area contributed by atoms with Crippen molar-refractivity contribution in [2.24, 2.45) is 5.73 Å². The first kappa shape index (κ1) is 13.8. The third-order valence-corrected chi connectivity index (χ3v) is 2.90. The van der Waals surface area contributed by atoms with Crippen LogP contribution in [-0.4, -0.2) is 20.3 Å². The molecule has 0 heterocycles. The highest BCUT2D eigenvalue weighted by molar-refractivity contribution is 5.41. The van der Waals surface area contributed by atoms with Crippen molar-refractivity contribution in [3.8, 4) is 11.5 Å². The molecule has 0 aromatic heterocycles. The number of methoxy groups -OCH3 is 2. The minimum atomic E-state index is 0.206. The number of benzene rings is 1. The van der Waals surface area contributed by atoms with E-state index in [2.05, 4.69) is 6.92 Å². The van der Waals surface area contributed by atoms with E-state index in [1.165, 1.54) is 12.8 Å². The van der Waals surface area contributed by atoms with Crippen molar-refractivity contribution in [3.63, 3.8) is 0 Å². The van der Waals surface area contributed by atoms with Crippen LogP contribution in [0.2, 0.25) is 0 Å². The fourth-order valence-corrected chi connectivity index (χ4v) is 1.87. The van der Waals surface area contributed by atoms with E-state index in [4.69, 9.17) is 15.2 Å². The fourth-order valence-electron chi connectivity index (χ4n) is 1.87. The molecule has 17 heavy (non-hydrogen) atoms.